The fourth-order valence-electron chi connectivity index (χ4n) is 2.05. The second-order valence-electron chi connectivity index (χ2n) is 4.64. The van der Waals surface area contributed by atoms with E-state index in [4.69, 9.17) is 11.6 Å². The predicted octanol–water partition coefficient (Wildman–Crippen LogP) is 5.50. The van der Waals surface area contributed by atoms with E-state index in [1.807, 2.05) is 0 Å². The van der Waals surface area contributed by atoms with Crippen molar-refractivity contribution in [3.05, 3.63) is 63.3 Å². The normalized spacial score (nSPS) is 11.1. The van der Waals surface area contributed by atoms with Gasteiger partial charge in [0.15, 0.2) is 23.3 Å². The fraction of sp³-hybridized carbons (Fsp3) is 0. The first-order chi connectivity index (χ1) is 11.3. The Morgan fingerprint density at radius 1 is 0.917 bits per heavy atom. The Balaban J connectivity index is 2.05. The molecule has 3 aromatic rings. The molecule has 0 spiro atoms. The maximum Gasteiger partial charge on any atom is 0.267 e. The van der Waals surface area contributed by atoms with Crippen molar-refractivity contribution in [2.24, 2.45) is 0 Å². The largest absolute Gasteiger partial charge is 0.316 e. The van der Waals surface area contributed by atoms with Gasteiger partial charge in [-0.1, -0.05) is 29.8 Å². The third kappa shape index (κ3) is 2.51. The van der Waals surface area contributed by atoms with Crippen LogP contribution in [0.15, 0.2) is 24.3 Å². The van der Waals surface area contributed by atoms with Gasteiger partial charge in [0, 0.05) is 10.1 Å². The molecule has 1 N–H and O–H groups in total. The maximum atomic E-state index is 13.6. The van der Waals surface area contributed by atoms with E-state index in [1.165, 1.54) is 0 Å². The summed E-state index contributed by atoms with van der Waals surface area (Å²) in [6.45, 7) is 0. The highest BCUT2D eigenvalue weighted by Crippen LogP contribution is 2.36. The summed E-state index contributed by atoms with van der Waals surface area (Å²) in [7, 11) is 0. The molecule has 2 nitrogen and oxygen atoms in total. The first-order valence-corrected chi connectivity index (χ1v) is 7.52. The highest BCUT2D eigenvalue weighted by Gasteiger charge is 2.28. The first kappa shape index (κ1) is 16.7. The molecular formula is C15H5ClF5NOS. The van der Waals surface area contributed by atoms with E-state index >= 15 is 0 Å². The lowest BCUT2D eigenvalue weighted by molar-refractivity contribution is 0.102. The number of nitrogens with one attached hydrogen (secondary N) is 1. The molecule has 0 atom stereocenters. The lowest BCUT2D eigenvalue weighted by atomic mass is 10.2. The van der Waals surface area contributed by atoms with Crippen LogP contribution in [-0.2, 0) is 0 Å². The molecule has 0 aliphatic heterocycles. The Kier molecular flexibility index (Phi) is 4.18. The first-order valence-electron chi connectivity index (χ1n) is 6.32. The van der Waals surface area contributed by atoms with Crippen molar-refractivity contribution in [2.75, 3.05) is 5.32 Å². The number of hydrogen-bond donors (Lipinski definition) is 1. The number of carbonyl (C=O) groups is 1. The summed E-state index contributed by atoms with van der Waals surface area (Å²) in [6, 6.07) is 6.66. The Morgan fingerprint density at radius 2 is 1.46 bits per heavy atom. The second-order valence-corrected chi connectivity index (χ2v) is 6.07. The standard InChI is InChI=1S/C15H5ClF5NOS/c16-7-5-3-1-2-4-6(5)24-14(7)15(23)22-13-11(20)9(18)8(17)10(19)12(13)21/h1-4H,(H,22,23). The molecule has 1 heterocycles. The van der Waals surface area contributed by atoms with Crippen LogP contribution in [-0.4, -0.2) is 5.91 Å². The highest BCUT2D eigenvalue weighted by atomic mass is 35.5. The summed E-state index contributed by atoms with van der Waals surface area (Å²) in [5.74, 6) is -11.9. The Morgan fingerprint density at radius 3 is 2.04 bits per heavy atom. The molecule has 0 unspecified atom stereocenters. The van der Waals surface area contributed by atoms with Crippen LogP contribution in [0.1, 0.15) is 9.67 Å². The van der Waals surface area contributed by atoms with E-state index in [0.29, 0.717) is 10.1 Å². The van der Waals surface area contributed by atoms with Crippen LogP contribution in [0.5, 0.6) is 0 Å². The van der Waals surface area contributed by atoms with E-state index in [9.17, 15) is 26.7 Å². The molecule has 3 rings (SSSR count). The zero-order valence-corrected chi connectivity index (χ0v) is 13.0. The van der Waals surface area contributed by atoms with E-state index in [0.717, 1.165) is 11.3 Å². The van der Waals surface area contributed by atoms with E-state index < -0.39 is 40.7 Å². The van der Waals surface area contributed by atoms with Crippen LogP contribution in [0.2, 0.25) is 5.02 Å². The number of anilines is 1. The van der Waals surface area contributed by atoms with Crippen molar-refractivity contribution >= 4 is 44.6 Å². The number of thiophene rings is 1. The van der Waals surface area contributed by atoms with E-state index in [1.54, 1.807) is 29.6 Å². The molecule has 9 heteroatoms. The van der Waals surface area contributed by atoms with Crippen molar-refractivity contribution in [3.8, 4) is 0 Å². The average molecular weight is 378 g/mol. The Labute approximate surface area is 140 Å². The minimum Gasteiger partial charge on any atom is -0.316 e. The van der Waals surface area contributed by atoms with Crippen LogP contribution in [0.4, 0.5) is 27.6 Å². The minimum absolute atomic E-state index is 0.0250. The van der Waals surface area contributed by atoms with Gasteiger partial charge in [0.25, 0.3) is 5.91 Å². The van der Waals surface area contributed by atoms with Crippen LogP contribution < -0.4 is 5.32 Å². The van der Waals surface area contributed by atoms with Gasteiger partial charge in [0.2, 0.25) is 5.82 Å². The van der Waals surface area contributed by atoms with E-state index in [2.05, 4.69) is 0 Å². The van der Waals surface area contributed by atoms with Gasteiger partial charge in [-0.05, 0) is 6.07 Å². The number of hydrogen-bond acceptors (Lipinski definition) is 2. The minimum atomic E-state index is -2.30. The van der Waals surface area contributed by atoms with Gasteiger partial charge in [-0.25, -0.2) is 22.0 Å². The lowest BCUT2D eigenvalue weighted by Gasteiger charge is -2.09. The molecule has 0 saturated heterocycles. The molecule has 0 aliphatic rings. The SMILES string of the molecule is O=C(Nc1c(F)c(F)c(F)c(F)c1F)c1sc2ccccc2c1Cl. The number of carbonyl (C=O) groups excluding carboxylic acids is 1. The Hall–Kier alpha value is -2.19. The number of amides is 1. The smallest absolute Gasteiger partial charge is 0.267 e. The van der Waals surface area contributed by atoms with Gasteiger partial charge in [-0.3, -0.25) is 4.79 Å². The number of benzene rings is 2. The van der Waals surface area contributed by atoms with Crippen molar-refractivity contribution < 1.29 is 26.7 Å². The van der Waals surface area contributed by atoms with Gasteiger partial charge < -0.3 is 5.32 Å². The quantitative estimate of drug-likeness (QED) is 0.356. The Bertz CT molecular complexity index is 959. The molecule has 0 aliphatic carbocycles. The summed E-state index contributed by atoms with van der Waals surface area (Å²) < 4.78 is 67.2. The summed E-state index contributed by atoms with van der Waals surface area (Å²) in [6.07, 6.45) is 0. The summed E-state index contributed by atoms with van der Waals surface area (Å²) in [4.78, 5) is 12.0. The predicted molar refractivity (Wildman–Crippen MR) is 81.0 cm³/mol. The van der Waals surface area contributed by atoms with Crippen molar-refractivity contribution in [2.45, 2.75) is 0 Å². The molecule has 124 valence electrons. The number of fused-ring (bicyclic) bond motifs is 1. The molecule has 0 radical (unpaired) electrons. The molecule has 1 amide bonds. The van der Waals surface area contributed by atoms with Gasteiger partial charge in [0.1, 0.15) is 10.6 Å². The van der Waals surface area contributed by atoms with Crippen molar-refractivity contribution in [1.82, 2.24) is 0 Å². The van der Waals surface area contributed by atoms with Crippen molar-refractivity contribution in [3.63, 3.8) is 0 Å². The van der Waals surface area contributed by atoms with Crippen LogP contribution in [0.3, 0.4) is 0 Å². The molecule has 0 bridgehead atoms. The summed E-state index contributed by atoms with van der Waals surface area (Å²) in [5, 5.41) is 2.25. The number of rotatable bonds is 2. The zero-order chi connectivity index (χ0) is 17.6. The molecule has 0 saturated carbocycles. The second kappa shape index (κ2) is 6.03. The summed E-state index contributed by atoms with van der Waals surface area (Å²) in [5.41, 5.74) is -1.43. The van der Waals surface area contributed by atoms with Gasteiger partial charge in [0.05, 0.1) is 5.02 Å². The molecular weight excluding hydrogens is 373 g/mol. The molecule has 24 heavy (non-hydrogen) atoms. The van der Waals surface area contributed by atoms with Gasteiger partial charge in [-0.15, -0.1) is 11.3 Å². The molecule has 1 aromatic heterocycles. The average Bonchev–Trinajstić information content (AvgIpc) is 2.92. The maximum absolute atomic E-state index is 13.6. The topological polar surface area (TPSA) is 29.1 Å². The third-order valence-electron chi connectivity index (χ3n) is 3.19. The van der Waals surface area contributed by atoms with Crippen LogP contribution in [0.25, 0.3) is 10.1 Å². The van der Waals surface area contributed by atoms with Crippen LogP contribution >= 0.6 is 22.9 Å². The third-order valence-corrected chi connectivity index (χ3v) is 4.86. The molecule has 0 fully saturated rings. The lowest BCUT2D eigenvalue weighted by Crippen LogP contribution is -2.16. The number of halogens is 6. The fourth-order valence-corrected chi connectivity index (χ4v) is 3.46. The van der Waals surface area contributed by atoms with Crippen LogP contribution in [0, 0.1) is 29.1 Å². The van der Waals surface area contributed by atoms with E-state index in [-0.39, 0.29) is 9.90 Å². The highest BCUT2D eigenvalue weighted by molar-refractivity contribution is 7.21. The monoisotopic (exact) mass is 377 g/mol. The van der Waals surface area contributed by atoms with Crippen molar-refractivity contribution in [1.29, 1.82) is 0 Å². The van der Waals surface area contributed by atoms with Gasteiger partial charge >= 0.3 is 0 Å². The summed E-state index contributed by atoms with van der Waals surface area (Å²) >= 11 is 6.96. The zero-order valence-electron chi connectivity index (χ0n) is 11.4. The molecule has 2 aromatic carbocycles. The van der Waals surface area contributed by atoms with Gasteiger partial charge in [-0.2, -0.15) is 0 Å².